The zero-order valence-electron chi connectivity index (χ0n) is 10.3. The molecule has 0 fully saturated rings. The number of hydrazine groups is 1. The molecule has 1 aromatic rings. The molecule has 0 aliphatic heterocycles. The zero-order valence-corrected chi connectivity index (χ0v) is 11.8. The molecule has 0 saturated heterocycles. The summed E-state index contributed by atoms with van der Waals surface area (Å²) in [5.41, 5.74) is 4.70. The number of unbranched alkanes of at least 4 members (excludes halogenated alkanes) is 1. The van der Waals surface area contributed by atoms with Gasteiger partial charge in [0.15, 0.2) is 0 Å². The van der Waals surface area contributed by atoms with Crippen molar-refractivity contribution >= 4 is 27.6 Å². The fourth-order valence-electron chi connectivity index (χ4n) is 1.34. The summed E-state index contributed by atoms with van der Waals surface area (Å²) in [4.78, 5) is 4.35. The Morgan fingerprint density at radius 3 is 2.88 bits per heavy atom. The van der Waals surface area contributed by atoms with Crippen LogP contribution in [-0.4, -0.2) is 12.5 Å². The average molecular weight is 299 g/mol. The minimum Gasteiger partial charge on any atom is -0.325 e. The smallest absolute Gasteiger partial charge is 0.210 e. The van der Waals surface area contributed by atoms with Gasteiger partial charge in [-0.15, -0.1) is 0 Å². The molecular weight excluding hydrogens is 280 g/mol. The molecule has 0 amide bonds. The molecule has 4 N–H and O–H groups in total. The highest BCUT2D eigenvalue weighted by Crippen LogP contribution is 2.23. The normalized spacial score (nSPS) is 11.4. The largest absolute Gasteiger partial charge is 0.325 e. The monoisotopic (exact) mass is 298 g/mol. The Kier molecular flexibility index (Phi) is 6.00. The Bertz CT molecular complexity index is 390. The molecule has 4 nitrogen and oxygen atoms in total. The van der Waals surface area contributed by atoms with Crippen LogP contribution in [0.1, 0.15) is 25.3 Å². The van der Waals surface area contributed by atoms with Crippen LogP contribution in [0.5, 0.6) is 0 Å². The lowest BCUT2D eigenvalue weighted by molar-refractivity contribution is 0.801. The summed E-state index contributed by atoms with van der Waals surface area (Å²) in [6.45, 7) is 4.94. The second kappa shape index (κ2) is 7.29. The van der Waals surface area contributed by atoms with Crippen LogP contribution in [-0.2, 0) is 0 Å². The first kappa shape index (κ1) is 14.0. The molecule has 0 heterocycles. The van der Waals surface area contributed by atoms with Crippen molar-refractivity contribution in [2.45, 2.75) is 26.7 Å². The molecule has 1 rings (SSSR count). The molecule has 0 radical (unpaired) electrons. The quantitative estimate of drug-likeness (QED) is 0.263. The predicted molar refractivity (Wildman–Crippen MR) is 77.0 cm³/mol. The van der Waals surface area contributed by atoms with E-state index in [9.17, 15) is 0 Å². The number of nitrogens with one attached hydrogen (secondary N) is 2. The van der Waals surface area contributed by atoms with Crippen LogP contribution in [0.25, 0.3) is 0 Å². The number of hydrogen-bond acceptors (Lipinski definition) is 2. The number of benzene rings is 1. The number of nitrogens with two attached hydrogens (primary N) is 1. The van der Waals surface area contributed by atoms with Crippen LogP contribution in [0.3, 0.4) is 0 Å². The molecule has 0 saturated carbocycles. The highest BCUT2D eigenvalue weighted by molar-refractivity contribution is 9.10. The highest BCUT2D eigenvalue weighted by atomic mass is 79.9. The van der Waals surface area contributed by atoms with E-state index in [1.807, 2.05) is 25.1 Å². The summed E-state index contributed by atoms with van der Waals surface area (Å²) >= 11 is 3.49. The van der Waals surface area contributed by atoms with E-state index in [1.165, 1.54) is 0 Å². The van der Waals surface area contributed by atoms with Gasteiger partial charge in [-0.1, -0.05) is 35.3 Å². The van der Waals surface area contributed by atoms with E-state index in [1.54, 1.807) is 0 Å². The van der Waals surface area contributed by atoms with Gasteiger partial charge in [0, 0.05) is 16.7 Å². The number of aliphatic imine (C=N–C) groups is 1. The third kappa shape index (κ3) is 4.36. The van der Waals surface area contributed by atoms with Crippen LogP contribution in [0.4, 0.5) is 5.69 Å². The van der Waals surface area contributed by atoms with E-state index in [-0.39, 0.29) is 0 Å². The Morgan fingerprint density at radius 1 is 1.47 bits per heavy atom. The first-order chi connectivity index (χ1) is 8.19. The number of anilines is 1. The maximum Gasteiger partial charge on any atom is 0.210 e. The van der Waals surface area contributed by atoms with E-state index in [2.05, 4.69) is 38.6 Å². The van der Waals surface area contributed by atoms with Crippen LogP contribution >= 0.6 is 15.9 Å². The van der Waals surface area contributed by atoms with Gasteiger partial charge in [-0.05, 0) is 31.0 Å². The number of hydrogen-bond donors (Lipinski definition) is 3. The van der Waals surface area contributed by atoms with Crippen molar-refractivity contribution in [3.8, 4) is 0 Å². The molecule has 94 valence electrons. The SMILES string of the molecule is CCCCN=C(NN)Nc1cccc(Br)c1C. The first-order valence-corrected chi connectivity index (χ1v) is 6.51. The van der Waals surface area contributed by atoms with Crippen molar-refractivity contribution in [2.75, 3.05) is 11.9 Å². The van der Waals surface area contributed by atoms with Gasteiger partial charge in [0.2, 0.25) is 5.96 Å². The highest BCUT2D eigenvalue weighted by Gasteiger charge is 2.03. The van der Waals surface area contributed by atoms with Gasteiger partial charge in [0.1, 0.15) is 0 Å². The molecular formula is C12H19BrN4. The fraction of sp³-hybridized carbons (Fsp3) is 0.417. The lowest BCUT2D eigenvalue weighted by atomic mass is 10.2. The predicted octanol–water partition coefficient (Wildman–Crippen LogP) is 2.79. The van der Waals surface area contributed by atoms with Crippen molar-refractivity contribution in [3.05, 3.63) is 28.2 Å². The lowest BCUT2D eigenvalue weighted by Gasteiger charge is -2.12. The topological polar surface area (TPSA) is 62.4 Å². The minimum atomic E-state index is 0.597. The molecule has 17 heavy (non-hydrogen) atoms. The van der Waals surface area contributed by atoms with Crippen molar-refractivity contribution in [2.24, 2.45) is 10.8 Å². The van der Waals surface area contributed by atoms with Crippen molar-refractivity contribution in [1.29, 1.82) is 0 Å². The molecule has 5 heteroatoms. The van der Waals surface area contributed by atoms with Crippen LogP contribution < -0.4 is 16.6 Å². The van der Waals surface area contributed by atoms with Gasteiger partial charge in [-0.2, -0.15) is 0 Å². The third-order valence-corrected chi connectivity index (χ3v) is 3.30. The summed E-state index contributed by atoms with van der Waals surface area (Å²) < 4.78 is 1.06. The van der Waals surface area contributed by atoms with Gasteiger partial charge in [0.05, 0.1) is 0 Å². The summed E-state index contributed by atoms with van der Waals surface area (Å²) in [6, 6.07) is 5.97. The van der Waals surface area contributed by atoms with Gasteiger partial charge < -0.3 is 5.32 Å². The second-order valence-corrected chi connectivity index (χ2v) is 4.62. The summed E-state index contributed by atoms with van der Waals surface area (Å²) in [6.07, 6.45) is 2.18. The van der Waals surface area contributed by atoms with Crippen molar-refractivity contribution in [1.82, 2.24) is 5.43 Å². The lowest BCUT2D eigenvalue weighted by Crippen LogP contribution is -2.36. The molecule has 0 spiro atoms. The molecule has 0 aromatic heterocycles. The van der Waals surface area contributed by atoms with E-state index >= 15 is 0 Å². The van der Waals surface area contributed by atoms with E-state index in [0.29, 0.717) is 5.96 Å². The van der Waals surface area contributed by atoms with Crippen molar-refractivity contribution < 1.29 is 0 Å². The van der Waals surface area contributed by atoms with Gasteiger partial charge in [0.25, 0.3) is 0 Å². The van der Waals surface area contributed by atoms with E-state index < -0.39 is 0 Å². The molecule has 0 atom stereocenters. The fourth-order valence-corrected chi connectivity index (χ4v) is 1.71. The first-order valence-electron chi connectivity index (χ1n) is 5.72. The van der Waals surface area contributed by atoms with Gasteiger partial charge in [-0.3, -0.25) is 10.4 Å². The second-order valence-electron chi connectivity index (χ2n) is 3.77. The molecule has 1 aromatic carbocycles. The van der Waals surface area contributed by atoms with Crippen LogP contribution in [0.15, 0.2) is 27.7 Å². The zero-order chi connectivity index (χ0) is 12.7. The Balaban J connectivity index is 2.73. The Hall–Kier alpha value is -1.07. The molecule has 0 bridgehead atoms. The van der Waals surface area contributed by atoms with Crippen molar-refractivity contribution in [3.63, 3.8) is 0 Å². The number of halogens is 1. The number of rotatable bonds is 4. The van der Waals surface area contributed by atoms with E-state index in [4.69, 9.17) is 5.84 Å². The summed E-state index contributed by atoms with van der Waals surface area (Å²) in [5, 5.41) is 3.18. The molecule has 0 unspecified atom stereocenters. The molecule has 0 aliphatic rings. The maximum absolute atomic E-state index is 5.44. The van der Waals surface area contributed by atoms with Gasteiger partial charge in [-0.25, -0.2) is 5.84 Å². The average Bonchev–Trinajstić information content (AvgIpc) is 2.33. The summed E-state index contributed by atoms with van der Waals surface area (Å²) in [7, 11) is 0. The van der Waals surface area contributed by atoms with E-state index in [0.717, 1.165) is 35.1 Å². The number of guanidine groups is 1. The Labute approximate surface area is 111 Å². The maximum atomic E-state index is 5.44. The third-order valence-electron chi connectivity index (χ3n) is 2.44. The van der Waals surface area contributed by atoms with Gasteiger partial charge >= 0.3 is 0 Å². The summed E-state index contributed by atoms with van der Waals surface area (Å²) in [5.74, 6) is 6.03. The minimum absolute atomic E-state index is 0.597. The standard InChI is InChI=1S/C12H19BrN4/c1-3-4-8-15-12(17-14)16-11-7-5-6-10(13)9(11)2/h5-7H,3-4,8,14H2,1-2H3,(H2,15,16,17). The molecule has 0 aliphatic carbocycles. The Morgan fingerprint density at radius 2 is 2.24 bits per heavy atom. The van der Waals surface area contributed by atoms with Crippen LogP contribution in [0, 0.1) is 6.92 Å². The number of nitrogens with zero attached hydrogens (tertiary/aromatic N) is 1. The van der Waals surface area contributed by atoms with Crippen LogP contribution in [0.2, 0.25) is 0 Å².